The number of thiocarbonyl (C=S) groups is 1. The van der Waals surface area contributed by atoms with Crippen molar-refractivity contribution in [2.75, 3.05) is 0 Å². The number of carboxylic acid groups (broad SMARTS) is 1. The monoisotopic (exact) mass is 475 g/mol. The summed E-state index contributed by atoms with van der Waals surface area (Å²) in [4.78, 5) is 26.1. The number of hydrogen-bond acceptors (Lipinski definition) is 5. The number of aliphatic carboxylic acids is 1. The van der Waals surface area contributed by atoms with Crippen molar-refractivity contribution in [1.82, 2.24) is 4.90 Å². The lowest BCUT2D eigenvalue weighted by atomic mass is 10.1. The molecule has 0 radical (unpaired) electrons. The van der Waals surface area contributed by atoms with Gasteiger partial charge < -0.3 is 9.84 Å². The fraction of sp³-hybridized carbons (Fsp3) is 0.261. The van der Waals surface area contributed by atoms with Gasteiger partial charge in [0.05, 0.1) is 4.91 Å². The van der Waals surface area contributed by atoms with E-state index in [1.165, 1.54) is 4.90 Å². The predicted molar refractivity (Wildman–Crippen MR) is 128 cm³/mol. The van der Waals surface area contributed by atoms with Crippen LogP contribution in [0, 0.1) is 0 Å². The molecule has 1 aliphatic heterocycles. The quantitative estimate of drug-likeness (QED) is 0.367. The van der Waals surface area contributed by atoms with Crippen molar-refractivity contribution >= 4 is 57.9 Å². The third-order valence-electron chi connectivity index (χ3n) is 4.75. The fourth-order valence-electron chi connectivity index (χ4n) is 3.07. The average Bonchev–Trinajstić information content (AvgIpc) is 3.02. The van der Waals surface area contributed by atoms with Gasteiger partial charge in [0.2, 0.25) is 0 Å². The van der Waals surface area contributed by atoms with Crippen LogP contribution in [-0.2, 0) is 16.2 Å². The predicted octanol–water partition coefficient (Wildman–Crippen LogP) is 5.76. The zero-order chi connectivity index (χ0) is 22.4. The summed E-state index contributed by atoms with van der Waals surface area (Å²) in [5.74, 6) is -0.695. The molecule has 0 bridgehead atoms. The molecule has 1 amide bonds. The molecule has 1 atom stereocenters. The molecule has 1 aliphatic rings. The Labute approximate surface area is 196 Å². The molecule has 31 heavy (non-hydrogen) atoms. The summed E-state index contributed by atoms with van der Waals surface area (Å²) in [5, 5.41) is 10.2. The number of benzene rings is 2. The van der Waals surface area contributed by atoms with Gasteiger partial charge in [0.1, 0.15) is 22.7 Å². The Morgan fingerprint density at radius 3 is 2.52 bits per heavy atom. The van der Waals surface area contributed by atoms with Gasteiger partial charge in [0, 0.05) is 5.02 Å². The minimum Gasteiger partial charge on any atom is -0.489 e. The van der Waals surface area contributed by atoms with E-state index in [-0.39, 0.29) is 10.2 Å². The van der Waals surface area contributed by atoms with Gasteiger partial charge >= 0.3 is 5.97 Å². The number of nitrogens with zero attached hydrogens (tertiary/aromatic N) is 1. The number of carboxylic acids is 1. The summed E-state index contributed by atoms with van der Waals surface area (Å²) < 4.78 is 6.06. The molecule has 0 aromatic heterocycles. The van der Waals surface area contributed by atoms with Crippen LogP contribution < -0.4 is 4.74 Å². The highest BCUT2D eigenvalue weighted by atomic mass is 35.5. The average molecular weight is 476 g/mol. The molecule has 0 aliphatic carbocycles. The summed E-state index contributed by atoms with van der Waals surface area (Å²) >= 11 is 12.3. The molecule has 8 heteroatoms. The highest BCUT2D eigenvalue weighted by Crippen LogP contribution is 2.35. The second kappa shape index (κ2) is 10.8. The summed E-state index contributed by atoms with van der Waals surface area (Å²) in [6, 6.07) is 13.8. The Hall–Kier alpha value is -2.35. The van der Waals surface area contributed by atoms with Gasteiger partial charge in [-0.15, -0.1) is 0 Å². The van der Waals surface area contributed by atoms with Gasteiger partial charge in [0.15, 0.2) is 0 Å². The molecule has 3 rings (SSSR count). The van der Waals surface area contributed by atoms with Crippen molar-refractivity contribution in [3.63, 3.8) is 0 Å². The summed E-state index contributed by atoms with van der Waals surface area (Å²) in [6.07, 6.45) is 3.66. The minimum atomic E-state index is -1.03. The highest BCUT2D eigenvalue weighted by molar-refractivity contribution is 8.26. The zero-order valence-electron chi connectivity index (χ0n) is 16.9. The Bertz CT molecular complexity index is 990. The van der Waals surface area contributed by atoms with Gasteiger partial charge in [0.25, 0.3) is 5.91 Å². The van der Waals surface area contributed by atoms with E-state index in [0.29, 0.717) is 35.1 Å². The van der Waals surface area contributed by atoms with Crippen molar-refractivity contribution in [1.29, 1.82) is 0 Å². The molecule has 0 spiro atoms. The number of rotatable bonds is 9. The van der Waals surface area contributed by atoms with Gasteiger partial charge in [-0.3, -0.25) is 9.69 Å². The smallest absolute Gasteiger partial charge is 0.326 e. The number of carbonyl (C=O) groups excluding carboxylic acids is 1. The first-order valence-corrected chi connectivity index (χ1v) is 11.5. The molecule has 0 unspecified atom stereocenters. The van der Waals surface area contributed by atoms with Crippen molar-refractivity contribution in [2.24, 2.45) is 0 Å². The Balaban J connectivity index is 1.67. The standard InChI is InChI=1S/C23H22ClNO4S2/c1-2-3-4-19(22(27)28)25-21(26)20(31-23(25)30)13-15-7-11-18(12-8-15)29-14-16-5-9-17(24)10-6-16/h5-13,19H,2-4,14H2,1H3,(H,27,28)/b20-13-/t19-/m1/s1. The van der Waals surface area contributed by atoms with E-state index in [0.717, 1.165) is 29.3 Å². The van der Waals surface area contributed by atoms with Crippen LogP contribution in [0.5, 0.6) is 5.75 Å². The summed E-state index contributed by atoms with van der Waals surface area (Å²) in [6.45, 7) is 2.40. The lowest BCUT2D eigenvalue weighted by molar-refractivity contribution is -0.145. The zero-order valence-corrected chi connectivity index (χ0v) is 19.3. The number of ether oxygens (including phenoxy) is 1. The highest BCUT2D eigenvalue weighted by Gasteiger charge is 2.40. The fourth-order valence-corrected chi connectivity index (χ4v) is 4.55. The topological polar surface area (TPSA) is 66.8 Å². The minimum absolute atomic E-state index is 0.280. The Morgan fingerprint density at radius 1 is 1.23 bits per heavy atom. The maximum atomic E-state index is 12.8. The van der Waals surface area contributed by atoms with Crippen LogP contribution in [0.2, 0.25) is 5.02 Å². The summed E-state index contributed by atoms with van der Waals surface area (Å²) in [7, 11) is 0. The lowest BCUT2D eigenvalue weighted by Crippen LogP contribution is -2.43. The maximum Gasteiger partial charge on any atom is 0.326 e. The maximum absolute atomic E-state index is 12.8. The van der Waals surface area contributed by atoms with E-state index < -0.39 is 12.0 Å². The first-order chi connectivity index (χ1) is 14.9. The van der Waals surface area contributed by atoms with Gasteiger partial charge in [-0.2, -0.15) is 0 Å². The van der Waals surface area contributed by atoms with E-state index in [9.17, 15) is 14.7 Å². The molecule has 1 fully saturated rings. The molecule has 2 aromatic rings. The molecule has 0 saturated carbocycles. The SMILES string of the molecule is CCCC[C@H](C(=O)O)N1C(=O)/C(=C/c2ccc(OCc3ccc(Cl)cc3)cc2)SC1=S. The largest absolute Gasteiger partial charge is 0.489 e. The van der Waals surface area contributed by atoms with Crippen LogP contribution in [0.4, 0.5) is 0 Å². The molecular weight excluding hydrogens is 454 g/mol. The van der Waals surface area contributed by atoms with E-state index in [1.54, 1.807) is 6.08 Å². The third kappa shape index (κ3) is 6.09. The molecule has 1 saturated heterocycles. The van der Waals surface area contributed by atoms with Gasteiger partial charge in [-0.1, -0.05) is 79.6 Å². The van der Waals surface area contributed by atoms with E-state index >= 15 is 0 Å². The number of thioether (sulfide) groups is 1. The van der Waals surface area contributed by atoms with Crippen LogP contribution in [-0.4, -0.2) is 32.2 Å². The molecule has 162 valence electrons. The first kappa shape index (κ1) is 23.3. The number of halogens is 1. The van der Waals surface area contributed by atoms with E-state index in [4.69, 9.17) is 28.6 Å². The summed E-state index contributed by atoms with van der Waals surface area (Å²) in [5.41, 5.74) is 1.81. The molecular formula is C23H22ClNO4S2. The normalized spacial score (nSPS) is 16.1. The van der Waals surface area contributed by atoms with Crippen molar-refractivity contribution in [3.05, 3.63) is 69.6 Å². The van der Waals surface area contributed by atoms with Crippen molar-refractivity contribution in [3.8, 4) is 5.75 Å². The van der Waals surface area contributed by atoms with E-state index in [1.807, 2.05) is 55.5 Å². The van der Waals surface area contributed by atoms with Crippen LogP contribution in [0.25, 0.3) is 6.08 Å². The number of amides is 1. The number of unbranched alkanes of at least 4 members (excludes halogenated alkanes) is 1. The second-order valence-electron chi connectivity index (χ2n) is 7.03. The second-order valence-corrected chi connectivity index (χ2v) is 9.14. The van der Waals surface area contributed by atoms with E-state index in [2.05, 4.69) is 0 Å². The third-order valence-corrected chi connectivity index (χ3v) is 6.33. The van der Waals surface area contributed by atoms with Crippen LogP contribution in [0.15, 0.2) is 53.4 Å². The van der Waals surface area contributed by atoms with Crippen LogP contribution in [0.1, 0.15) is 37.3 Å². The Kier molecular flexibility index (Phi) is 8.12. The van der Waals surface area contributed by atoms with Crippen molar-refractivity contribution in [2.45, 2.75) is 38.8 Å². The number of carbonyl (C=O) groups is 2. The molecule has 1 N–H and O–H groups in total. The van der Waals surface area contributed by atoms with Crippen LogP contribution >= 0.6 is 35.6 Å². The van der Waals surface area contributed by atoms with Crippen molar-refractivity contribution < 1.29 is 19.4 Å². The molecule has 1 heterocycles. The van der Waals surface area contributed by atoms with Gasteiger partial charge in [-0.05, 0) is 47.9 Å². The Morgan fingerprint density at radius 2 is 1.90 bits per heavy atom. The van der Waals surface area contributed by atoms with Gasteiger partial charge in [-0.25, -0.2) is 4.79 Å². The first-order valence-electron chi connectivity index (χ1n) is 9.86. The molecule has 2 aromatic carbocycles. The lowest BCUT2D eigenvalue weighted by Gasteiger charge is -2.22. The molecule has 5 nitrogen and oxygen atoms in total. The van der Waals surface area contributed by atoms with Crippen LogP contribution in [0.3, 0.4) is 0 Å². The number of hydrogen-bond donors (Lipinski definition) is 1.